The number of fused-ring (bicyclic) bond motifs is 1. The van der Waals surface area contributed by atoms with Crippen molar-refractivity contribution < 1.29 is 9.59 Å². The fraction of sp³-hybridized carbons (Fsp3) is 0.478. The summed E-state index contributed by atoms with van der Waals surface area (Å²) in [5.74, 6) is 0.149. The highest BCUT2D eigenvalue weighted by molar-refractivity contribution is 7.10. The van der Waals surface area contributed by atoms with Crippen molar-refractivity contribution in [3.63, 3.8) is 0 Å². The Hall–Kier alpha value is -2.18. The molecule has 0 unspecified atom stereocenters. The predicted molar refractivity (Wildman–Crippen MR) is 116 cm³/mol. The molecule has 2 aliphatic rings. The van der Waals surface area contributed by atoms with Crippen molar-refractivity contribution in [1.29, 1.82) is 0 Å². The number of thiophene rings is 1. The molecular formula is C23H29N3O2S. The summed E-state index contributed by atoms with van der Waals surface area (Å²) < 4.78 is 0. The van der Waals surface area contributed by atoms with Crippen LogP contribution in [-0.4, -0.2) is 66.3 Å². The summed E-state index contributed by atoms with van der Waals surface area (Å²) in [5, 5.41) is 2.03. The summed E-state index contributed by atoms with van der Waals surface area (Å²) in [6.45, 7) is 8.14. The monoisotopic (exact) mass is 411 g/mol. The Balaban J connectivity index is 1.81. The normalized spacial score (nSPS) is 22.8. The first kappa shape index (κ1) is 20.1. The Bertz CT molecular complexity index is 872. The van der Waals surface area contributed by atoms with Gasteiger partial charge in [0, 0.05) is 43.2 Å². The fourth-order valence-electron chi connectivity index (χ4n) is 4.45. The number of piperazine rings is 1. The third kappa shape index (κ3) is 3.83. The molecule has 5 nitrogen and oxygen atoms in total. The Morgan fingerprint density at radius 1 is 1.10 bits per heavy atom. The van der Waals surface area contributed by atoms with Crippen LogP contribution in [0.25, 0.3) is 0 Å². The lowest BCUT2D eigenvalue weighted by Crippen LogP contribution is -2.53. The summed E-state index contributed by atoms with van der Waals surface area (Å²) in [4.78, 5) is 34.6. The third-order valence-electron chi connectivity index (χ3n) is 5.92. The van der Waals surface area contributed by atoms with Crippen LogP contribution in [0.2, 0.25) is 0 Å². The topological polar surface area (TPSA) is 43.9 Å². The third-order valence-corrected chi connectivity index (χ3v) is 6.86. The number of hydrogen-bond donors (Lipinski definition) is 0. The largest absolute Gasteiger partial charge is 0.340 e. The molecule has 0 saturated carbocycles. The number of carbonyl (C=O) groups is 2. The molecule has 0 aliphatic carbocycles. The maximum Gasteiger partial charge on any atom is 0.254 e. The molecule has 2 atom stereocenters. The molecular weight excluding hydrogens is 382 g/mol. The van der Waals surface area contributed by atoms with E-state index in [0.29, 0.717) is 18.0 Å². The van der Waals surface area contributed by atoms with Crippen LogP contribution in [0.5, 0.6) is 0 Å². The van der Waals surface area contributed by atoms with Crippen LogP contribution in [-0.2, 0) is 4.79 Å². The first-order valence-electron chi connectivity index (χ1n) is 10.4. The van der Waals surface area contributed by atoms with E-state index in [9.17, 15) is 9.59 Å². The number of nitrogens with zero attached hydrogens (tertiary/aromatic N) is 3. The first-order chi connectivity index (χ1) is 14.0. The van der Waals surface area contributed by atoms with Crippen molar-refractivity contribution in [3.8, 4) is 0 Å². The highest BCUT2D eigenvalue weighted by Gasteiger charge is 2.46. The average Bonchev–Trinajstić information content (AvgIpc) is 3.24. The van der Waals surface area contributed by atoms with Gasteiger partial charge in [0.1, 0.15) is 0 Å². The van der Waals surface area contributed by atoms with Crippen LogP contribution in [0.15, 0.2) is 41.8 Å². The maximum atomic E-state index is 13.8. The van der Waals surface area contributed by atoms with Gasteiger partial charge in [-0.05, 0) is 36.0 Å². The zero-order chi connectivity index (χ0) is 20.5. The van der Waals surface area contributed by atoms with Gasteiger partial charge in [0.05, 0.1) is 12.0 Å². The standard InChI is InChI=1S/C23H29N3O2S/c1-16(2)15-26-21(19-9-6-14-29-19)20(17-7-4-5-8-18(17)22(26)27)23(28)25-12-10-24(3)11-13-25/h4-9,14,16,20-21H,10-13,15H2,1-3H3/t20-,21+/m0/s1. The second kappa shape index (κ2) is 8.28. The smallest absolute Gasteiger partial charge is 0.254 e. The van der Waals surface area contributed by atoms with E-state index in [-0.39, 0.29) is 23.8 Å². The number of hydrogen-bond acceptors (Lipinski definition) is 4. The molecule has 2 aliphatic heterocycles. The molecule has 0 radical (unpaired) electrons. The molecule has 154 valence electrons. The highest BCUT2D eigenvalue weighted by atomic mass is 32.1. The quantitative estimate of drug-likeness (QED) is 0.774. The van der Waals surface area contributed by atoms with Crippen LogP contribution in [0.1, 0.15) is 46.6 Å². The molecule has 1 fully saturated rings. The Labute approximate surface area is 176 Å². The molecule has 6 heteroatoms. The number of amides is 2. The number of likely N-dealkylation sites (N-methyl/N-ethyl adjacent to an activating group) is 1. The Morgan fingerprint density at radius 2 is 1.83 bits per heavy atom. The van der Waals surface area contributed by atoms with Crippen molar-refractivity contribution >= 4 is 23.2 Å². The van der Waals surface area contributed by atoms with Crippen molar-refractivity contribution in [1.82, 2.24) is 14.7 Å². The van der Waals surface area contributed by atoms with Crippen LogP contribution in [0, 0.1) is 5.92 Å². The van der Waals surface area contributed by atoms with Gasteiger partial charge in [-0.25, -0.2) is 0 Å². The second-order valence-electron chi connectivity index (χ2n) is 8.51. The van der Waals surface area contributed by atoms with Gasteiger partial charge in [0.25, 0.3) is 5.91 Å². The lowest BCUT2D eigenvalue weighted by molar-refractivity contribution is -0.136. The minimum absolute atomic E-state index is 0.0372. The molecule has 2 aromatic rings. The SMILES string of the molecule is CC(C)CN1C(=O)c2ccccc2[C@H](C(=O)N2CCN(C)CC2)[C@H]1c1cccs1. The Kier molecular flexibility index (Phi) is 5.74. The number of rotatable bonds is 4. The minimum Gasteiger partial charge on any atom is -0.340 e. The summed E-state index contributed by atoms with van der Waals surface area (Å²) in [7, 11) is 2.09. The van der Waals surface area contributed by atoms with Gasteiger partial charge in [0.2, 0.25) is 5.91 Å². The van der Waals surface area contributed by atoms with Gasteiger partial charge >= 0.3 is 0 Å². The molecule has 29 heavy (non-hydrogen) atoms. The van der Waals surface area contributed by atoms with Gasteiger partial charge in [-0.3, -0.25) is 9.59 Å². The molecule has 3 heterocycles. The zero-order valence-corrected chi connectivity index (χ0v) is 18.2. The highest BCUT2D eigenvalue weighted by Crippen LogP contribution is 2.45. The number of benzene rings is 1. The molecule has 0 spiro atoms. The zero-order valence-electron chi connectivity index (χ0n) is 17.4. The molecule has 4 rings (SSSR count). The summed E-state index contributed by atoms with van der Waals surface area (Å²) in [6.07, 6.45) is 0. The maximum absolute atomic E-state index is 13.8. The number of carbonyl (C=O) groups excluding carboxylic acids is 2. The molecule has 1 saturated heterocycles. The van der Waals surface area contributed by atoms with Crippen LogP contribution < -0.4 is 0 Å². The first-order valence-corrected chi connectivity index (χ1v) is 11.3. The van der Waals surface area contributed by atoms with E-state index in [1.165, 1.54) is 0 Å². The Morgan fingerprint density at radius 3 is 2.48 bits per heavy atom. The summed E-state index contributed by atoms with van der Waals surface area (Å²) in [5.41, 5.74) is 1.55. The average molecular weight is 412 g/mol. The molecule has 0 N–H and O–H groups in total. The van der Waals surface area contributed by atoms with Gasteiger partial charge in [-0.15, -0.1) is 11.3 Å². The van der Waals surface area contributed by atoms with E-state index in [1.807, 2.05) is 45.5 Å². The van der Waals surface area contributed by atoms with E-state index in [1.54, 1.807) is 11.3 Å². The van der Waals surface area contributed by atoms with Gasteiger partial charge < -0.3 is 14.7 Å². The summed E-state index contributed by atoms with van der Waals surface area (Å²) in [6, 6.07) is 11.5. The van der Waals surface area contributed by atoms with Gasteiger partial charge in [0.15, 0.2) is 0 Å². The minimum atomic E-state index is -0.357. The van der Waals surface area contributed by atoms with E-state index in [4.69, 9.17) is 0 Å². The van der Waals surface area contributed by atoms with Gasteiger partial charge in [-0.1, -0.05) is 38.1 Å². The van der Waals surface area contributed by atoms with E-state index < -0.39 is 0 Å². The predicted octanol–water partition coefficient (Wildman–Crippen LogP) is 3.46. The van der Waals surface area contributed by atoms with E-state index in [0.717, 1.165) is 36.6 Å². The lowest BCUT2D eigenvalue weighted by atomic mass is 9.80. The molecule has 1 aromatic heterocycles. The second-order valence-corrected chi connectivity index (χ2v) is 9.48. The van der Waals surface area contributed by atoms with Crippen molar-refractivity contribution in [2.45, 2.75) is 25.8 Å². The van der Waals surface area contributed by atoms with E-state index in [2.05, 4.69) is 31.9 Å². The lowest BCUT2D eigenvalue weighted by Gasteiger charge is -2.44. The van der Waals surface area contributed by atoms with Crippen molar-refractivity contribution in [2.75, 3.05) is 39.8 Å². The fourth-order valence-corrected chi connectivity index (χ4v) is 5.33. The molecule has 2 amide bonds. The van der Waals surface area contributed by atoms with Crippen molar-refractivity contribution in [2.24, 2.45) is 5.92 Å². The van der Waals surface area contributed by atoms with E-state index >= 15 is 0 Å². The van der Waals surface area contributed by atoms with Crippen LogP contribution in [0.3, 0.4) is 0 Å². The van der Waals surface area contributed by atoms with Crippen LogP contribution in [0.4, 0.5) is 0 Å². The van der Waals surface area contributed by atoms with Crippen LogP contribution >= 0.6 is 11.3 Å². The molecule has 1 aromatic carbocycles. The molecule has 0 bridgehead atoms. The van der Waals surface area contributed by atoms with Gasteiger partial charge in [-0.2, -0.15) is 0 Å². The summed E-state index contributed by atoms with van der Waals surface area (Å²) >= 11 is 1.63. The van der Waals surface area contributed by atoms with Crippen molar-refractivity contribution in [3.05, 3.63) is 57.8 Å².